The Morgan fingerprint density at radius 2 is 2.20 bits per heavy atom. The first-order valence-electron chi connectivity index (χ1n) is 4.09. The van der Waals surface area contributed by atoms with E-state index >= 15 is 0 Å². The number of halogens is 1. The molecule has 0 saturated heterocycles. The van der Waals surface area contributed by atoms with Crippen LogP contribution in [0.3, 0.4) is 0 Å². The van der Waals surface area contributed by atoms with Crippen LogP contribution < -0.4 is 0 Å². The summed E-state index contributed by atoms with van der Waals surface area (Å²) in [7, 11) is 0. The van der Waals surface area contributed by atoms with Crippen molar-refractivity contribution in [3.63, 3.8) is 0 Å². The average Bonchev–Trinajstić information content (AvgIpc) is 2.68. The highest BCUT2D eigenvalue weighted by Gasteiger charge is 2.05. The Morgan fingerprint density at radius 1 is 1.33 bits per heavy atom. The fourth-order valence-corrected chi connectivity index (χ4v) is 1.79. The lowest BCUT2D eigenvalue weighted by atomic mass is 10.3. The van der Waals surface area contributed by atoms with E-state index in [1.807, 2.05) is 23.6 Å². The Kier molecular flexibility index (Phi) is 4.40. The van der Waals surface area contributed by atoms with Crippen LogP contribution in [-0.4, -0.2) is 9.97 Å². The zero-order valence-corrected chi connectivity index (χ0v) is 10.3. The normalized spacial score (nSPS) is 9.00. The van der Waals surface area contributed by atoms with Crippen LogP contribution in [0, 0.1) is 6.57 Å². The highest BCUT2D eigenvalue weighted by molar-refractivity contribution is 8.93. The van der Waals surface area contributed by atoms with Gasteiger partial charge in [0.2, 0.25) is 0 Å². The number of pyridine rings is 1. The van der Waals surface area contributed by atoms with Gasteiger partial charge in [0, 0.05) is 11.6 Å². The molecular formula is C10H8BrN3S. The molecule has 0 aliphatic heterocycles. The van der Waals surface area contributed by atoms with Crippen molar-refractivity contribution in [3.8, 4) is 11.4 Å². The molecule has 0 bridgehead atoms. The SMILES string of the molecule is Br.[C-]#[N+]Cc1nc(-c2ccccn2)cs1. The molecule has 0 N–H and O–H groups in total. The Bertz CT molecular complexity index is 461. The Labute approximate surface area is 102 Å². The van der Waals surface area contributed by atoms with Crippen molar-refractivity contribution in [2.75, 3.05) is 0 Å². The summed E-state index contributed by atoms with van der Waals surface area (Å²) in [5.74, 6) is 0. The Hall–Kier alpha value is -1.25. The third-order valence-corrected chi connectivity index (χ3v) is 2.53. The third kappa shape index (κ3) is 2.85. The van der Waals surface area contributed by atoms with Gasteiger partial charge in [-0.1, -0.05) is 6.07 Å². The summed E-state index contributed by atoms with van der Waals surface area (Å²) in [4.78, 5) is 11.8. The van der Waals surface area contributed by atoms with Gasteiger partial charge in [-0.15, -0.1) is 28.3 Å². The van der Waals surface area contributed by atoms with Gasteiger partial charge in [0.25, 0.3) is 6.54 Å². The van der Waals surface area contributed by atoms with Gasteiger partial charge in [-0.25, -0.2) is 11.6 Å². The summed E-state index contributed by atoms with van der Waals surface area (Å²) < 4.78 is 0. The number of hydrogen-bond donors (Lipinski definition) is 0. The molecule has 0 saturated carbocycles. The van der Waals surface area contributed by atoms with Gasteiger partial charge >= 0.3 is 0 Å². The van der Waals surface area contributed by atoms with Crippen LogP contribution >= 0.6 is 28.3 Å². The lowest BCUT2D eigenvalue weighted by Gasteiger charge is -1.91. The van der Waals surface area contributed by atoms with Crippen molar-refractivity contribution in [1.82, 2.24) is 9.97 Å². The van der Waals surface area contributed by atoms with E-state index in [-0.39, 0.29) is 17.0 Å². The zero-order valence-electron chi connectivity index (χ0n) is 7.75. The molecule has 0 aromatic carbocycles. The Morgan fingerprint density at radius 3 is 2.87 bits per heavy atom. The third-order valence-electron chi connectivity index (χ3n) is 1.69. The van der Waals surface area contributed by atoms with E-state index in [9.17, 15) is 0 Å². The maximum Gasteiger partial charge on any atom is 0.265 e. The second-order valence-electron chi connectivity index (χ2n) is 2.66. The van der Waals surface area contributed by atoms with Gasteiger partial charge in [0.15, 0.2) is 5.01 Å². The molecule has 0 unspecified atom stereocenters. The van der Waals surface area contributed by atoms with Gasteiger partial charge < -0.3 is 4.85 Å². The highest BCUT2D eigenvalue weighted by Crippen LogP contribution is 2.19. The fraction of sp³-hybridized carbons (Fsp3) is 0.100. The molecule has 0 spiro atoms. The van der Waals surface area contributed by atoms with E-state index in [2.05, 4.69) is 14.8 Å². The van der Waals surface area contributed by atoms with E-state index < -0.39 is 0 Å². The molecule has 0 atom stereocenters. The number of nitrogens with zero attached hydrogens (tertiary/aromatic N) is 3. The van der Waals surface area contributed by atoms with Crippen LogP contribution in [0.4, 0.5) is 0 Å². The topological polar surface area (TPSA) is 30.1 Å². The minimum absolute atomic E-state index is 0. The summed E-state index contributed by atoms with van der Waals surface area (Å²) >= 11 is 1.50. The quantitative estimate of drug-likeness (QED) is 0.792. The molecule has 0 aliphatic rings. The summed E-state index contributed by atoms with van der Waals surface area (Å²) in [6, 6.07) is 5.71. The molecule has 2 aromatic heterocycles. The Balaban J connectivity index is 0.00000112. The van der Waals surface area contributed by atoms with E-state index in [4.69, 9.17) is 6.57 Å². The predicted octanol–water partition coefficient (Wildman–Crippen LogP) is 3.20. The van der Waals surface area contributed by atoms with Gasteiger partial charge in [-0.05, 0) is 12.1 Å². The minimum atomic E-state index is 0. The molecule has 0 aliphatic carbocycles. The standard InChI is InChI=1S/C10H7N3S.BrH/c1-11-6-10-13-9(7-14-10)8-4-2-3-5-12-8;/h2-5,7H,6H2;1H. The van der Waals surface area contributed by atoms with Crippen LogP contribution in [0.25, 0.3) is 16.2 Å². The second kappa shape index (κ2) is 5.59. The molecule has 2 heterocycles. The minimum Gasteiger partial charge on any atom is -0.309 e. The summed E-state index contributed by atoms with van der Waals surface area (Å²) in [5.41, 5.74) is 1.72. The van der Waals surface area contributed by atoms with Gasteiger partial charge in [-0.2, -0.15) is 0 Å². The van der Waals surface area contributed by atoms with Crippen molar-refractivity contribution in [2.24, 2.45) is 0 Å². The number of thiazole rings is 1. The monoisotopic (exact) mass is 281 g/mol. The first kappa shape index (κ1) is 11.8. The van der Waals surface area contributed by atoms with E-state index in [1.165, 1.54) is 11.3 Å². The molecule has 2 aromatic rings. The first-order valence-corrected chi connectivity index (χ1v) is 4.97. The molecule has 5 heteroatoms. The van der Waals surface area contributed by atoms with E-state index in [0.29, 0.717) is 6.54 Å². The smallest absolute Gasteiger partial charge is 0.265 e. The molecular weight excluding hydrogens is 274 g/mol. The molecule has 15 heavy (non-hydrogen) atoms. The molecule has 0 amide bonds. The lowest BCUT2D eigenvalue weighted by Crippen LogP contribution is -1.82. The highest BCUT2D eigenvalue weighted by atomic mass is 79.9. The first-order chi connectivity index (χ1) is 6.90. The van der Waals surface area contributed by atoms with Crippen molar-refractivity contribution < 1.29 is 0 Å². The van der Waals surface area contributed by atoms with Gasteiger partial charge in [0.1, 0.15) is 5.69 Å². The summed E-state index contributed by atoms with van der Waals surface area (Å²) in [6.07, 6.45) is 1.74. The summed E-state index contributed by atoms with van der Waals surface area (Å²) in [5, 5.41) is 2.78. The largest absolute Gasteiger partial charge is 0.309 e. The maximum atomic E-state index is 6.73. The predicted molar refractivity (Wildman–Crippen MR) is 66.0 cm³/mol. The van der Waals surface area contributed by atoms with E-state index in [0.717, 1.165) is 16.4 Å². The van der Waals surface area contributed by atoms with E-state index in [1.54, 1.807) is 6.20 Å². The van der Waals surface area contributed by atoms with Crippen LogP contribution in [0.1, 0.15) is 5.01 Å². The van der Waals surface area contributed by atoms with Crippen molar-refractivity contribution in [3.05, 3.63) is 46.2 Å². The number of aromatic nitrogens is 2. The average molecular weight is 282 g/mol. The van der Waals surface area contributed by atoms with Gasteiger partial charge in [-0.3, -0.25) is 4.98 Å². The van der Waals surface area contributed by atoms with Crippen LogP contribution in [0.2, 0.25) is 0 Å². The van der Waals surface area contributed by atoms with Crippen LogP contribution in [-0.2, 0) is 6.54 Å². The van der Waals surface area contributed by atoms with Crippen molar-refractivity contribution in [2.45, 2.75) is 6.54 Å². The lowest BCUT2D eigenvalue weighted by molar-refractivity contribution is 1.17. The molecule has 76 valence electrons. The molecule has 2 rings (SSSR count). The second-order valence-corrected chi connectivity index (χ2v) is 3.60. The summed E-state index contributed by atoms with van der Waals surface area (Å²) in [6.45, 7) is 7.09. The molecule has 0 fully saturated rings. The number of hydrogen-bond acceptors (Lipinski definition) is 3. The fourth-order valence-electron chi connectivity index (χ4n) is 1.08. The zero-order chi connectivity index (χ0) is 9.80. The maximum absolute atomic E-state index is 6.73. The van der Waals surface area contributed by atoms with Crippen molar-refractivity contribution in [1.29, 1.82) is 0 Å². The number of rotatable bonds is 2. The molecule has 3 nitrogen and oxygen atoms in total. The van der Waals surface area contributed by atoms with Crippen LogP contribution in [0.15, 0.2) is 29.8 Å². The molecule has 0 radical (unpaired) electrons. The van der Waals surface area contributed by atoms with Crippen molar-refractivity contribution >= 4 is 28.3 Å². The van der Waals surface area contributed by atoms with Crippen LogP contribution in [0.5, 0.6) is 0 Å². The van der Waals surface area contributed by atoms with Gasteiger partial charge in [0.05, 0.1) is 5.69 Å².